The number of phenols is 1. The van der Waals surface area contributed by atoms with Gasteiger partial charge in [-0.3, -0.25) is 4.79 Å². The number of benzene rings is 1. The van der Waals surface area contributed by atoms with Gasteiger partial charge in [0.05, 0.1) is 24.7 Å². The highest BCUT2D eigenvalue weighted by atomic mass is 19.4. The van der Waals surface area contributed by atoms with Crippen LogP contribution in [0.3, 0.4) is 0 Å². The number of halogens is 3. The van der Waals surface area contributed by atoms with Crippen LogP contribution in [-0.4, -0.2) is 34.0 Å². The maximum Gasteiger partial charge on any atom is 0.416 e. The molecule has 2 atom stereocenters. The lowest BCUT2D eigenvalue weighted by atomic mass is 9.99. The van der Waals surface area contributed by atoms with E-state index in [-0.39, 0.29) is 12.2 Å². The molecule has 0 aliphatic carbocycles. The van der Waals surface area contributed by atoms with E-state index in [4.69, 9.17) is 0 Å². The first kappa shape index (κ1) is 17.3. The second kappa shape index (κ2) is 6.77. The van der Waals surface area contributed by atoms with Crippen LogP contribution in [0.1, 0.15) is 30.6 Å². The van der Waals surface area contributed by atoms with Crippen LogP contribution < -0.4 is 0 Å². The molecular weight excluding hydrogens is 293 g/mol. The smallest absolute Gasteiger partial charge is 0.416 e. The summed E-state index contributed by atoms with van der Waals surface area (Å²) in [5, 5.41) is 28.9. The van der Waals surface area contributed by atoms with Gasteiger partial charge < -0.3 is 20.1 Å². The molecule has 1 rings (SSSR count). The van der Waals surface area contributed by atoms with Gasteiger partial charge in [-0.2, -0.15) is 13.2 Å². The molecule has 0 fully saturated rings. The summed E-state index contributed by atoms with van der Waals surface area (Å²) in [6.07, 6.45) is -8.50. The maximum absolute atomic E-state index is 12.4. The molecule has 0 aliphatic rings. The molecule has 0 aliphatic heterocycles. The van der Waals surface area contributed by atoms with Crippen LogP contribution in [0, 0.1) is 0 Å². The Morgan fingerprint density at radius 2 is 1.95 bits per heavy atom. The van der Waals surface area contributed by atoms with Gasteiger partial charge in [0.1, 0.15) is 11.9 Å². The molecule has 0 heterocycles. The molecule has 118 valence electrons. The summed E-state index contributed by atoms with van der Waals surface area (Å²) in [6.45, 7) is 1.65. The van der Waals surface area contributed by atoms with Gasteiger partial charge in [0.25, 0.3) is 0 Å². The summed E-state index contributed by atoms with van der Waals surface area (Å²) >= 11 is 0. The Hall–Kier alpha value is -1.80. The van der Waals surface area contributed by atoms with Gasteiger partial charge in [-0.25, -0.2) is 0 Å². The normalized spacial score (nSPS) is 14.6. The molecule has 2 unspecified atom stereocenters. The quantitative estimate of drug-likeness (QED) is 0.722. The van der Waals surface area contributed by atoms with Gasteiger partial charge in [-0.1, -0.05) is 6.07 Å². The molecular formula is C13H15F3O5. The van der Waals surface area contributed by atoms with Gasteiger partial charge in [0, 0.05) is 5.56 Å². The van der Waals surface area contributed by atoms with E-state index in [1.54, 1.807) is 6.92 Å². The Balaban J connectivity index is 2.87. The lowest BCUT2D eigenvalue weighted by molar-refractivity contribution is -0.147. The number of alkyl halides is 3. The third-order valence-corrected chi connectivity index (χ3v) is 2.72. The van der Waals surface area contributed by atoms with Crippen molar-refractivity contribution in [1.29, 1.82) is 0 Å². The fraction of sp³-hybridized carbons (Fsp3) is 0.462. The molecule has 0 saturated heterocycles. The third kappa shape index (κ3) is 4.61. The van der Waals surface area contributed by atoms with Crippen molar-refractivity contribution in [2.45, 2.75) is 31.7 Å². The summed E-state index contributed by atoms with van der Waals surface area (Å²) in [6, 6.07) is 1.95. The van der Waals surface area contributed by atoms with E-state index >= 15 is 0 Å². The number of esters is 1. The predicted octanol–water partition coefficient (Wildman–Crippen LogP) is 1.76. The maximum atomic E-state index is 12.4. The number of aromatic hydroxyl groups is 1. The van der Waals surface area contributed by atoms with Gasteiger partial charge in [0.2, 0.25) is 0 Å². The van der Waals surface area contributed by atoms with Crippen LogP contribution in [0.5, 0.6) is 5.75 Å². The number of carbonyl (C=O) groups is 1. The van der Waals surface area contributed by atoms with Crippen molar-refractivity contribution >= 4 is 5.97 Å². The molecule has 1 aromatic rings. The van der Waals surface area contributed by atoms with E-state index in [1.807, 2.05) is 0 Å². The monoisotopic (exact) mass is 308 g/mol. The molecule has 0 amide bonds. The number of rotatable bonds is 5. The van der Waals surface area contributed by atoms with E-state index in [9.17, 15) is 33.3 Å². The van der Waals surface area contributed by atoms with Crippen LogP contribution in [-0.2, 0) is 15.7 Å². The van der Waals surface area contributed by atoms with Crippen molar-refractivity contribution in [3.8, 4) is 5.75 Å². The first-order valence-corrected chi connectivity index (χ1v) is 6.08. The van der Waals surface area contributed by atoms with Crippen molar-refractivity contribution in [2.75, 3.05) is 6.61 Å². The van der Waals surface area contributed by atoms with E-state index in [2.05, 4.69) is 4.74 Å². The molecule has 8 heteroatoms. The topological polar surface area (TPSA) is 87.0 Å². The molecule has 5 nitrogen and oxygen atoms in total. The second-order valence-electron chi connectivity index (χ2n) is 4.29. The number of hydrogen-bond donors (Lipinski definition) is 3. The zero-order valence-electron chi connectivity index (χ0n) is 11.1. The molecule has 0 aromatic heterocycles. The zero-order valence-corrected chi connectivity index (χ0v) is 11.1. The Morgan fingerprint density at radius 3 is 2.43 bits per heavy atom. The average molecular weight is 308 g/mol. The summed E-state index contributed by atoms with van der Waals surface area (Å²) in [4.78, 5) is 11.2. The first-order valence-electron chi connectivity index (χ1n) is 6.08. The second-order valence-corrected chi connectivity index (χ2v) is 4.29. The van der Waals surface area contributed by atoms with E-state index in [0.717, 1.165) is 6.07 Å². The summed E-state index contributed by atoms with van der Waals surface area (Å²) in [7, 11) is 0. The molecule has 0 bridgehead atoms. The fourth-order valence-corrected chi connectivity index (χ4v) is 1.68. The predicted molar refractivity (Wildman–Crippen MR) is 65.3 cm³/mol. The zero-order chi connectivity index (χ0) is 16.2. The molecule has 0 radical (unpaired) electrons. The molecule has 21 heavy (non-hydrogen) atoms. The summed E-state index contributed by atoms with van der Waals surface area (Å²) < 4.78 is 41.9. The minimum atomic E-state index is -4.63. The molecule has 0 spiro atoms. The Bertz CT molecular complexity index is 501. The standard InChI is InChI=1S/C13H15F3O5/c1-2-21-11(19)6-10(18)12(20)8-4-3-7(5-9(8)17)13(14,15)16/h3-5,10,12,17-18,20H,2,6H2,1H3. The van der Waals surface area contributed by atoms with Crippen molar-refractivity contribution in [2.24, 2.45) is 0 Å². The van der Waals surface area contributed by atoms with Crippen LogP contribution in [0.15, 0.2) is 18.2 Å². The Morgan fingerprint density at radius 1 is 1.33 bits per heavy atom. The lowest BCUT2D eigenvalue weighted by Gasteiger charge is -2.19. The Labute approximate surface area is 118 Å². The highest BCUT2D eigenvalue weighted by molar-refractivity contribution is 5.70. The molecule has 1 aromatic carbocycles. The highest BCUT2D eigenvalue weighted by Gasteiger charge is 2.32. The van der Waals surface area contributed by atoms with E-state index < -0.39 is 42.1 Å². The summed E-state index contributed by atoms with van der Waals surface area (Å²) in [5.74, 6) is -1.59. The number of aliphatic hydroxyl groups excluding tert-OH is 2. The largest absolute Gasteiger partial charge is 0.508 e. The van der Waals surface area contributed by atoms with Gasteiger partial charge in [-0.15, -0.1) is 0 Å². The Kier molecular flexibility index (Phi) is 5.56. The van der Waals surface area contributed by atoms with E-state index in [0.29, 0.717) is 12.1 Å². The number of aliphatic hydroxyl groups is 2. The number of hydrogen-bond acceptors (Lipinski definition) is 5. The van der Waals surface area contributed by atoms with Crippen LogP contribution >= 0.6 is 0 Å². The van der Waals surface area contributed by atoms with Gasteiger partial charge in [0.15, 0.2) is 0 Å². The van der Waals surface area contributed by atoms with Crippen molar-refractivity contribution in [3.05, 3.63) is 29.3 Å². The van der Waals surface area contributed by atoms with Crippen LogP contribution in [0.4, 0.5) is 13.2 Å². The van der Waals surface area contributed by atoms with Crippen molar-refractivity contribution in [1.82, 2.24) is 0 Å². The van der Waals surface area contributed by atoms with Gasteiger partial charge in [-0.05, 0) is 19.1 Å². The molecule has 3 N–H and O–H groups in total. The van der Waals surface area contributed by atoms with E-state index in [1.165, 1.54) is 0 Å². The average Bonchev–Trinajstić information content (AvgIpc) is 2.36. The minimum absolute atomic E-state index is 0.0905. The third-order valence-electron chi connectivity index (χ3n) is 2.72. The SMILES string of the molecule is CCOC(=O)CC(O)C(O)c1ccc(C(F)(F)F)cc1O. The fourth-order valence-electron chi connectivity index (χ4n) is 1.68. The van der Waals surface area contributed by atoms with Crippen LogP contribution in [0.2, 0.25) is 0 Å². The highest BCUT2D eigenvalue weighted by Crippen LogP contribution is 2.35. The van der Waals surface area contributed by atoms with Crippen LogP contribution in [0.25, 0.3) is 0 Å². The minimum Gasteiger partial charge on any atom is -0.508 e. The van der Waals surface area contributed by atoms with Gasteiger partial charge >= 0.3 is 12.1 Å². The number of phenolic OH excluding ortho intramolecular Hbond substituents is 1. The van der Waals surface area contributed by atoms with Crippen molar-refractivity contribution < 1.29 is 38.0 Å². The number of carbonyl (C=O) groups excluding carboxylic acids is 1. The first-order chi connectivity index (χ1) is 9.66. The molecule has 0 saturated carbocycles. The summed E-state index contributed by atoms with van der Waals surface area (Å²) in [5.41, 5.74) is -1.39. The lowest BCUT2D eigenvalue weighted by Crippen LogP contribution is -2.23. The van der Waals surface area contributed by atoms with Crippen molar-refractivity contribution in [3.63, 3.8) is 0 Å². The number of ether oxygens (including phenoxy) is 1.